The number of hydrogen-bond acceptors (Lipinski definition) is 5. The first-order valence-electron chi connectivity index (χ1n) is 7.25. The molecule has 1 aromatic carbocycles. The van der Waals surface area contributed by atoms with Gasteiger partial charge in [-0.05, 0) is 44.0 Å². The Kier molecular flexibility index (Phi) is 6.36. The minimum atomic E-state index is -0.720. The fourth-order valence-corrected chi connectivity index (χ4v) is 2.19. The van der Waals surface area contributed by atoms with E-state index in [1.54, 1.807) is 31.2 Å². The summed E-state index contributed by atoms with van der Waals surface area (Å²) in [7, 11) is 0. The zero-order valence-corrected chi connectivity index (χ0v) is 13.2. The third-order valence-corrected chi connectivity index (χ3v) is 3.65. The molecular formula is C16H19ClO5. The molecule has 0 saturated carbocycles. The second-order valence-electron chi connectivity index (χ2n) is 5.15. The topological polar surface area (TPSA) is 61.8 Å². The lowest BCUT2D eigenvalue weighted by molar-refractivity contribution is -0.156. The van der Waals surface area contributed by atoms with Gasteiger partial charge in [0, 0.05) is 17.2 Å². The van der Waals surface area contributed by atoms with E-state index >= 15 is 0 Å². The molecule has 22 heavy (non-hydrogen) atoms. The van der Waals surface area contributed by atoms with E-state index < -0.39 is 12.1 Å². The first kappa shape index (κ1) is 16.9. The molecule has 0 spiro atoms. The van der Waals surface area contributed by atoms with Gasteiger partial charge >= 0.3 is 5.97 Å². The number of halogens is 1. The summed E-state index contributed by atoms with van der Waals surface area (Å²) in [5.41, 5.74) is 0.449. The molecule has 2 unspecified atom stereocenters. The number of esters is 1. The second kappa shape index (κ2) is 8.27. The zero-order valence-electron chi connectivity index (χ0n) is 12.4. The van der Waals surface area contributed by atoms with Crippen molar-refractivity contribution in [3.63, 3.8) is 0 Å². The molecule has 6 heteroatoms. The van der Waals surface area contributed by atoms with Crippen molar-refractivity contribution in [2.24, 2.45) is 0 Å². The lowest BCUT2D eigenvalue weighted by Gasteiger charge is -2.15. The molecule has 0 aromatic heterocycles. The summed E-state index contributed by atoms with van der Waals surface area (Å²) in [6.07, 6.45) is 1.28. The van der Waals surface area contributed by atoms with Crippen molar-refractivity contribution < 1.29 is 23.8 Å². The summed E-state index contributed by atoms with van der Waals surface area (Å²) in [5, 5.41) is 0.546. The first-order chi connectivity index (χ1) is 10.6. The molecule has 0 bridgehead atoms. The number of benzene rings is 1. The Balaban J connectivity index is 1.71. The van der Waals surface area contributed by atoms with Gasteiger partial charge in [-0.3, -0.25) is 4.79 Å². The SMILES string of the molecule is CC(OCC1CCCO1)C(=O)OCC(=O)c1ccc(Cl)cc1. The lowest BCUT2D eigenvalue weighted by atomic mass is 10.1. The van der Waals surface area contributed by atoms with Crippen LogP contribution < -0.4 is 0 Å². The highest BCUT2D eigenvalue weighted by Crippen LogP contribution is 2.13. The predicted octanol–water partition coefficient (Wildman–Crippen LogP) is 2.65. The molecule has 0 aliphatic carbocycles. The Morgan fingerprint density at radius 2 is 2.09 bits per heavy atom. The number of ketones is 1. The molecule has 1 heterocycles. The number of hydrogen-bond donors (Lipinski definition) is 0. The average Bonchev–Trinajstić information content (AvgIpc) is 3.04. The van der Waals surface area contributed by atoms with Crippen molar-refractivity contribution >= 4 is 23.4 Å². The Morgan fingerprint density at radius 1 is 1.36 bits per heavy atom. The van der Waals surface area contributed by atoms with E-state index in [4.69, 9.17) is 25.8 Å². The average molecular weight is 327 g/mol. The minimum Gasteiger partial charge on any atom is -0.455 e. The molecule has 5 nitrogen and oxygen atoms in total. The molecule has 1 aromatic rings. The number of ether oxygens (including phenoxy) is 3. The standard InChI is InChI=1S/C16H19ClO5/c1-11(21-9-14-3-2-8-20-14)16(19)22-10-15(18)12-4-6-13(17)7-5-12/h4-7,11,14H,2-3,8-10H2,1H3. The summed E-state index contributed by atoms with van der Waals surface area (Å²) < 4.78 is 15.8. The van der Waals surface area contributed by atoms with Gasteiger partial charge in [0.2, 0.25) is 0 Å². The van der Waals surface area contributed by atoms with Crippen LogP contribution in [0.4, 0.5) is 0 Å². The third-order valence-electron chi connectivity index (χ3n) is 3.40. The Bertz CT molecular complexity index is 508. The van der Waals surface area contributed by atoms with Crippen molar-refractivity contribution in [1.29, 1.82) is 0 Å². The van der Waals surface area contributed by atoms with Crippen molar-refractivity contribution in [2.75, 3.05) is 19.8 Å². The van der Waals surface area contributed by atoms with Crippen molar-refractivity contribution in [2.45, 2.75) is 32.0 Å². The van der Waals surface area contributed by atoms with Crippen LogP contribution in [0.2, 0.25) is 5.02 Å². The molecule has 0 amide bonds. The van der Waals surface area contributed by atoms with E-state index in [0.717, 1.165) is 19.4 Å². The van der Waals surface area contributed by atoms with Gasteiger partial charge in [-0.25, -0.2) is 4.79 Å². The molecule has 120 valence electrons. The molecule has 2 rings (SSSR count). The molecule has 1 fully saturated rings. The normalized spacial score (nSPS) is 18.9. The quantitative estimate of drug-likeness (QED) is 0.569. The van der Waals surface area contributed by atoms with Gasteiger partial charge in [-0.15, -0.1) is 0 Å². The van der Waals surface area contributed by atoms with E-state index in [1.807, 2.05) is 0 Å². The van der Waals surface area contributed by atoms with Gasteiger partial charge < -0.3 is 14.2 Å². The van der Waals surface area contributed by atoms with E-state index in [9.17, 15) is 9.59 Å². The molecule has 0 N–H and O–H groups in total. The van der Waals surface area contributed by atoms with Crippen LogP contribution in [0.3, 0.4) is 0 Å². The van der Waals surface area contributed by atoms with Gasteiger partial charge in [0.1, 0.15) is 0 Å². The largest absolute Gasteiger partial charge is 0.455 e. The number of carbonyl (C=O) groups is 2. The number of Topliss-reactive ketones (excluding diaryl/α,β-unsaturated/α-hetero) is 1. The van der Waals surface area contributed by atoms with E-state index in [1.165, 1.54) is 0 Å². The number of rotatable bonds is 7. The van der Waals surface area contributed by atoms with Crippen LogP contribution in [0.1, 0.15) is 30.1 Å². The highest BCUT2D eigenvalue weighted by Gasteiger charge is 2.21. The molecule has 1 saturated heterocycles. The van der Waals surface area contributed by atoms with Crippen LogP contribution in [0, 0.1) is 0 Å². The molecule has 0 radical (unpaired) electrons. The molecular weight excluding hydrogens is 308 g/mol. The highest BCUT2D eigenvalue weighted by molar-refractivity contribution is 6.30. The Labute approximate surface area is 134 Å². The van der Waals surface area contributed by atoms with Crippen LogP contribution in [0.5, 0.6) is 0 Å². The fourth-order valence-electron chi connectivity index (χ4n) is 2.07. The van der Waals surface area contributed by atoms with Gasteiger partial charge in [-0.1, -0.05) is 11.6 Å². The maximum absolute atomic E-state index is 11.9. The Hall–Kier alpha value is -1.43. The summed E-state index contributed by atoms with van der Waals surface area (Å²) >= 11 is 5.75. The highest BCUT2D eigenvalue weighted by atomic mass is 35.5. The lowest BCUT2D eigenvalue weighted by Crippen LogP contribution is -2.28. The van der Waals surface area contributed by atoms with Crippen LogP contribution in [-0.4, -0.2) is 43.8 Å². The monoisotopic (exact) mass is 326 g/mol. The summed E-state index contributed by atoms with van der Waals surface area (Å²) in [6.45, 7) is 2.39. The van der Waals surface area contributed by atoms with Crippen molar-refractivity contribution in [1.82, 2.24) is 0 Å². The van der Waals surface area contributed by atoms with Crippen molar-refractivity contribution in [3.8, 4) is 0 Å². The maximum Gasteiger partial charge on any atom is 0.335 e. The maximum atomic E-state index is 11.9. The van der Waals surface area contributed by atoms with Crippen molar-refractivity contribution in [3.05, 3.63) is 34.9 Å². The van der Waals surface area contributed by atoms with Gasteiger partial charge in [0.15, 0.2) is 18.5 Å². The second-order valence-corrected chi connectivity index (χ2v) is 5.58. The fraction of sp³-hybridized carbons (Fsp3) is 0.500. The smallest absolute Gasteiger partial charge is 0.335 e. The van der Waals surface area contributed by atoms with Gasteiger partial charge in [-0.2, -0.15) is 0 Å². The first-order valence-corrected chi connectivity index (χ1v) is 7.62. The van der Waals surface area contributed by atoms with E-state index in [0.29, 0.717) is 17.2 Å². The predicted molar refractivity (Wildman–Crippen MR) is 81.1 cm³/mol. The van der Waals surface area contributed by atoms with Crippen LogP contribution in [0.15, 0.2) is 24.3 Å². The number of carbonyl (C=O) groups excluding carboxylic acids is 2. The van der Waals surface area contributed by atoms with E-state index in [2.05, 4.69) is 0 Å². The van der Waals surface area contributed by atoms with Gasteiger partial charge in [0.05, 0.1) is 12.7 Å². The van der Waals surface area contributed by atoms with Crippen LogP contribution in [-0.2, 0) is 19.0 Å². The molecule has 1 aliphatic rings. The minimum absolute atomic E-state index is 0.0472. The van der Waals surface area contributed by atoms with Crippen LogP contribution in [0.25, 0.3) is 0 Å². The summed E-state index contributed by atoms with van der Waals surface area (Å²) in [5.74, 6) is -0.836. The zero-order chi connectivity index (χ0) is 15.9. The van der Waals surface area contributed by atoms with E-state index in [-0.39, 0.29) is 18.5 Å². The van der Waals surface area contributed by atoms with Gasteiger partial charge in [0.25, 0.3) is 0 Å². The molecule has 1 aliphatic heterocycles. The Morgan fingerprint density at radius 3 is 2.73 bits per heavy atom. The molecule has 2 atom stereocenters. The summed E-state index contributed by atoms with van der Waals surface area (Å²) in [6, 6.07) is 6.42. The summed E-state index contributed by atoms with van der Waals surface area (Å²) in [4.78, 5) is 23.6. The van der Waals surface area contributed by atoms with Crippen LogP contribution >= 0.6 is 11.6 Å². The third kappa shape index (κ3) is 5.09.